The molecule has 1 atom stereocenters. The number of carbonyl (C=O) groups excluding carboxylic acids is 2. The molecule has 0 aromatic carbocycles. The van der Waals surface area contributed by atoms with Crippen molar-refractivity contribution >= 4 is 34.9 Å². The highest BCUT2D eigenvalue weighted by Crippen LogP contribution is 2.25. The molecule has 0 aliphatic carbocycles. The van der Waals surface area contributed by atoms with Gasteiger partial charge in [-0.1, -0.05) is 11.8 Å². The number of morpholine rings is 1. The Balaban J connectivity index is 1.56. The molecule has 2 aliphatic heterocycles. The van der Waals surface area contributed by atoms with Crippen LogP contribution in [0.3, 0.4) is 0 Å². The van der Waals surface area contributed by atoms with E-state index < -0.39 is 0 Å². The first-order valence-corrected chi connectivity index (χ1v) is 9.72. The van der Waals surface area contributed by atoms with Crippen molar-refractivity contribution in [3.63, 3.8) is 0 Å². The van der Waals surface area contributed by atoms with Crippen molar-refractivity contribution < 1.29 is 14.3 Å². The lowest BCUT2D eigenvalue weighted by molar-refractivity contribution is -0.145. The lowest BCUT2D eigenvalue weighted by Gasteiger charge is -2.32. The number of ether oxygens (including phenoxy) is 1. The number of likely N-dealkylation sites (tertiary alicyclic amines) is 1. The summed E-state index contributed by atoms with van der Waals surface area (Å²) in [6.45, 7) is 5.06. The van der Waals surface area contributed by atoms with Gasteiger partial charge in [0.1, 0.15) is 6.04 Å². The van der Waals surface area contributed by atoms with Crippen molar-refractivity contribution in [3.05, 3.63) is 11.1 Å². The van der Waals surface area contributed by atoms with Crippen LogP contribution in [-0.4, -0.2) is 71.2 Å². The van der Waals surface area contributed by atoms with Gasteiger partial charge in [-0.25, -0.2) is 4.98 Å². The van der Waals surface area contributed by atoms with Crippen molar-refractivity contribution in [1.82, 2.24) is 14.8 Å². The SMILES string of the molecule is Cc1csc(SCC(=O)N2CCC[C@H]2C(=O)N2CCOCC2)n1. The second kappa shape index (κ2) is 7.63. The molecule has 0 N–H and O–H groups in total. The molecule has 2 fully saturated rings. The van der Waals surface area contributed by atoms with Gasteiger partial charge in [0.05, 0.1) is 19.0 Å². The monoisotopic (exact) mass is 355 g/mol. The summed E-state index contributed by atoms with van der Waals surface area (Å²) in [6, 6.07) is -0.292. The molecular weight excluding hydrogens is 334 g/mol. The lowest BCUT2D eigenvalue weighted by Crippen LogP contribution is -2.51. The van der Waals surface area contributed by atoms with Crippen LogP contribution in [0.2, 0.25) is 0 Å². The molecule has 0 unspecified atom stereocenters. The molecule has 2 aliphatic rings. The largest absolute Gasteiger partial charge is 0.378 e. The molecule has 126 valence electrons. The van der Waals surface area contributed by atoms with Crippen LogP contribution >= 0.6 is 23.1 Å². The summed E-state index contributed by atoms with van der Waals surface area (Å²) in [5, 5.41) is 1.98. The number of amides is 2. The van der Waals surface area contributed by atoms with E-state index in [-0.39, 0.29) is 17.9 Å². The molecule has 0 spiro atoms. The maximum Gasteiger partial charge on any atom is 0.245 e. The van der Waals surface area contributed by atoms with E-state index >= 15 is 0 Å². The van der Waals surface area contributed by atoms with E-state index in [0.717, 1.165) is 22.9 Å². The minimum absolute atomic E-state index is 0.0342. The summed E-state index contributed by atoms with van der Waals surface area (Å²) in [5.41, 5.74) is 0.978. The zero-order valence-electron chi connectivity index (χ0n) is 13.2. The number of hydrogen-bond acceptors (Lipinski definition) is 6. The van der Waals surface area contributed by atoms with Gasteiger partial charge in [0.15, 0.2) is 4.34 Å². The van der Waals surface area contributed by atoms with Crippen molar-refractivity contribution in [1.29, 1.82) is 0 Å². The summed E-state index contributed by atoms with van der Waals surface area (Å²) in [5.74, 6) is 0.459. The summed E-state index contributed by atoms with van der Waals surface area (Å²) in [6.07, 6.45) is 1.66. The first-order valence-electron chi connectivity index (χ1n) is 7.86. The van der Waals surface area contributed by atoms with E-state index in [1.807, 2.05) is 17.2 Å². The van der Waals surface area contributed by atoms with Crippen LogP contribution in [0.15, 0.2) is 9.72 Å². The van der Waals surface area contributed by atoms with Gasteiger partial charge in [-0.2, -0.15) is 0 Å². The quantitative estimate of drug-likeness (QED) is 0.764. The standard InChI is InChI=1S/C15H21N3O3S2/c1-11-9-22-15(16-11)23-10-13(19)18-4-2-3-12(18)14(20)17-5-7-21-8-6-17/h9,12H,2-8,10H2,1H3/t12-/m0/s1. The van der Waals surface area contributed by atoms with E-state index in [2.05, 4.69) is 4.98 Å². The van der Waals surface area contributed by atoms with Gasteiger partial charge in [-0.05, 0) is 19.8 Å². The number of rotatable bonds is 4. The molecule has 6 nitrogen and oxygen atoms in total. The highest BCUT2D eigenvalue weighted by molar-refractivity contribution is 8.01. The highest BCUT2D eigenvalue weighted by atomic mass is 32.2. The molecule has 3 rings (SSSR count). The molecule has 0 bridgehead atoms. The van der Waals surface area contributed by atoms with Gasteiger partial charge in [-0.3, -0.25) is 9.59 Å². The number of aryl methyl sites for hydroxylation is 1. The van der Waals surface area contributed by atoms with Crippen molar-refractivity contribution in [2.45, 2.75) is 30.1 Å². The molecule has 1 aromatic rings. The van der Waals surface area contributed by atoms with E-state index in [1.165, 1.54) is 11.8 Å². The Labute approximate surface area is 144 Å². The second-order valence-corrected chi connectivity index (χ2v) is 7.81. The highest BCUT2D eigenvalue weighted by Gasteiger charge is 2.36. The van der Waals surface area contributed by atoms with Gasteiger partial charge < -0.3 is 14.5 Å². The Morgan fingerprint density at radius 3 is 2.87 bits per heavy atom. The van der Waals surface area contributed by atoms with Gasteiger partial charge in [-0.15, -0.1) is 11.3 Å². The number of aromatic nitrogens is 1. The van der Waals surface area contributed by atoms with Gasteiger partial charge in [0.2, 0.25) is 11.8 Å². The van der Waals surface area contributed by atoms with Gasteiger partial charge in [0.25, 0.3) is 0 Å². The fraction of sp³-hybridized carbons (Fsp3) is 0.667. The Bertz CT molecular complexity index is 572. The predicted molar refractivity (Wildman–Crippen MR) is 89.7 cm³/mol. The molecule has 3 heterocycles. The van der Waals surface area contributed by atoms with Gasteiger partial charge in [0, 0.05) is 30.7 Å². The molecule has 8 heteroatoms. The zero-order chi connectivity index (χ0) is 16.2. The number of hydrogen-bond donors (Lipinski definition) is 0. The summed E-state index contributed by atoms with van der Waals surface area (Å²) < 4.78 is 6.20. The smallest absolute Gasteiger partial charge is 0.245 e. The van der Waals surface area contributed by atoms with E-state index in [9.17, 15) is 9.59 Å². The maximum atomic E-state index is 12.7. The van der Waals surface area contributed by atoms with Crippen LogP contribution in [-0.2, 0) is 14.3 Å². The van der Waals surface area contributed by atoms with E-state index in [1.54, 1.807) is 16.2 Å². The minimum Gasteiger partial charge on any atom is -0.378 e. The Morgan fingerprint density at radius 2 is 2.17 bits per heavy atom. The average Bonchev–Trinajstić information content (AvgIpc) is 3.21. The van der Waals surface area contributed by atoms with Crippen molar-refractivity contribution in [2.75, 3.05) is 38.6 Å². The number of carbonyl (C=O) groups is 2. The van der Waals surface area contributed by atoms with Crippen LogP contribution in [0.5, 0.6) is 0 Å². The minimum atomic E-state index is -0.292. The van der Waals surface area contributed by atoms with Gasteiger partial charge >= 0.3 is 0 Å². The molecular formula is C15H21N3O3S2. The third kappa shape index (κ3) is 4.05. The third-order valence-corrected chi connectivity index (χ3v) is 6.22. The lowest BCUT2D eigenvalue weighted by atomic mass is 10.2. The third-order valence-electron chi connectivity index (χ3n) is 4.10. The van der Waals surface area contributed by atoms with Crippen LogP contribution in [0.25, 0.3) is 0 Å². The topological polar surface area (TPSA) is 62.7 Å². The fourth-order valence-corrected chi connectivity index (χ4v) is 4.66. The molecule has 1 aromatic heterocycles. The Morgan fingerprint density at radius 1 is 1.39 bits per heavy atom. The Kier molecular flexibility index (Phi) is 5.55. The average molecular weight is 355 g/mol. The molecule has 0 saturated carbocycles. The normalized spacial score (nSPS) is 21.7. The molecule has 2 saturated heterocycles. The number of nitrogens with zero attached hydrogens (tertiary/aromatic N) is 3. The Hall–Kier alpha value is -1.12. The van der Waals surface area contributed by atoms with E-state index in [0.29, 0.717) is 38.6 Å². The van der Waals surface area contributed by atoms with Crippen LogP contribution in [0, 0.1) is 6.92 Å². The van der Waals surface area contributed by atoms with Crippen LogP contribution in [0.1, 0.15) is 18.5 Å². The summed E-state index contributed by atoms with van der Waals surface area (Å²) in [7, 11) is 0. The predicted octanol–water partition coefficient (Wildman–Crippen LogP) is 1.39. The fourth-order valence-electron chi connectivity index (χ4n) is 2.92. The van der Waals surface area contributed by atoms with Crippen molar-refractivity contribution in [3.8, 4) is 0 Å². The molecule has 2 amide bonds. The molecule has 0 radical (unpaired) electrons. The molecule has 23 heavy (non-hydrogen) atoms. The summed E-state index contributed by atoms with van der Waals surface area (Å²) in [4.78, 5) is 33.1. The maximum absolute atomic E-state index is 12.7. The number of thioether (sulfide) groups is 1. The van der Waals surface area contributed by atoms with Crippen molar-refractivity contribution in [2.24, 2.45) is 0 Å². The number of thiazole rings is 1. The van der Waals surface area contributed by atoms with Crippen LogP contribution in [0.4, 0.5) is 0 Å². The first kappa shape index (κ1) is 16.7. The zero-order valence-corrected chi connectivity index (χ0v) is 14.8. The summed E-state index contributed by atoms with van der Waals surface area (Å²) >= 11 is 3.01. The van der Waals surface area contributed by atoms with Crippen LogP contribution < -0.4 is 0 Å². The second-order valence-electron chi connectivity index (χ2n) is 5.73. The first-order chi connectivity index (χ1) is 11.1. The van der Waals surface area contributed by atoms with E-state index in [4.69, 9.17) is 4.74 Å².